The Hall–Kier alpha value is -1.87. The van der Waals surface area contributed by atoms with Gasteiger partial charge in [-0.25, -0.2) is 4.98 Å². The maximum absolute atomic E-state index is 12.1. The van der Waals surface area contributed by atoms with E-state index in [0.717, 1.165) is 4.88 Å². The van der Waals surface area contributed by atoms with Gasteiger partial charge in [-0.1, -0.05) is 6.07 Å². The molecule has 2 aromatic rings. The summed E-state index contributed by atoms with van der Waals surface area (Å²) in [6.07, 6.45) is -4.39. The summed E-state index contributed by atoms with van der Waals surface area (Å²) in [4.78, 5) is 17.0. The highest BCUT2D eigenvalue weighted by Crippen LogP contribution is 2.25. The molecule has 126 valence electrons. The van der Waals surface area contributed by atoms with Crippen LogP contribution in [-0.4, -0.2) is 36.3 Å². The fourth-order valence-corrected chi connectivity index (χ4v) is 2.45. The van der Waals surface area contributed by atoms with Gasteiger partial charge in [-0.3, -0.25) is 4.79 Å². The van der Waals surface area contributed by atoms with E-state index < -0.39 is 24.7 Å². The lowest BCUT2D eigenvalue weighted by Crippen LogP contribution is -2.37. The van der Waals surface area contributed by atoms with Crippen molar-refractivity contribution in [3.05, 3.63) is 29.0 Å². The molecule has 9 heteroatoms. The van der Waals surface area contributed by atoms with E-state index in [9.17, 15) is 18.0 Å². The smallest absolute Gasteiger partial charge is 0.411 e. The standard InChI is InChI=1S/C14H15F3N2O3S/c1-8(6-21-7-14(15,16)17)18-12(20)11-9(2)22-13(19-11)10-4-3-5-23-10/h3-5,8H,6-7H2,1-2H3,(H,18,20)/t8-/m1/s1. The molecule has 0 saturated carbocycles. The molecule has 0 saturated heterocycles. The van der Waals surface area contributed by atoms with Crippen LogP contribution < -0.4 is 5.32 Å². The van der Waals surface area contributed by atoms with Crippen LogP contribution in [0.5, 0.6) is 0 Å². The number of aryl methyl sites for hydroxylation is 1. The number of oxazole rings is 1. The monoisotopic (exact) mass is 348 g/mol. The summed E-state index contributed by atoms with van der Waals surface area (Å²) >= 11 is 1.42. The number of alkyl halides is 3. The summed E-state index contributed by atoms with van der Waals surface area (Å²) < 4.78 is 45.9. The Labute approximate surface area is 134 Å². The van der Waals surface area contributed by atoms with Gasteiger partial charge in [-0.05, 0) is 25.3 Å². The van der Waals surface area contributed by atoms with Gasteiger partial charge in [0.05, 0.1) is 11.5 Å². The van der Waals surface area contributed by atoms with Crippen molar-refractivity contribution in [3.8, 4) is 10.8 Å². The normalized spacial score (nSPS) is 13.1. The lowest BCUT2D eigenvalue weighted by molar-refractivity contribution is -0.174. The van der Waals surface area contributed by atoms with Gasteiger partial charge >= 0.3 is 6.18 Å². The zero-order valence-corrected chi connectivity index (χ0v) is 13.3. The van der Waals surface area contributed by atoms with Crippen LogP contribution in [0.2, 0.25) is 0 Å². The SMILES string of the molecule is Cc1oc(-c2cccs2)nc1C(=O)N[C@H](C)COCC(F)(F)F. The third-order valence-corrected chi connectivity index (χ3v) is 3.61. The quantitative estimate of drug-likeness (QED) is 0.869. The lowest BCUT2D eigenvalue weighted by atomic mass is 10.3. The summed E-state index contributed by atoms with van der Waals surface area (Å²) in [7, 11) is 0. The van der Waals surface area contributed by atoms with Crippen LogP contribution in [0.4, 0.5) is 13.2 Å². The third-order valence-electron chi connectivity index (χ3n) is 2.75. The van der Waals surface area contributed by atoms with Gasteiger partial charge in [0.2, 0.25) is 5.89 Å². The van der Waals surface area contributed by atoms with Crippen molar-refractivity contribution >= 4 is 17.2 Å². The van der Waals surface area contributed by atoms with Crippen molar-refractivity contribution in [3.63, 3.8) is 0 Å². The molecule has 0 bridgehead atoms. The molecule has 2 aromatic heterocycles. The average molecular weight is 348 g/mol. The highest BCUT2D eigenvalue weighted by molar-refractivity contribution is 7.13. The van der Waals surface area contributed by atoms with Crippen molar-refractivity contribution in [1.29, 1.82) is 0 Å². The molecule has 2 rings (SSSR count). The van der Waals surface area contributed by atoms with Crippen LogP contribution in [-0.2, 0) is 4.74 Å². The number of aromatic nitrogens is 1. The third kappa shape index (κ3) is 5.07. The van der Waals surface area contributed by atoms with E-state index in [4.69, 9.17) is 4.42 Å². The van der Waals surface area contributed by atoms with Crippen molar-refractivity contribution in [1.82, 2.24) is 10.3 Å². The minimum atomic E-state index is -4.39. The fraction of sp³-hybridized carbons (Fsp3) is 0.429. The maximum atomic E-state index is 12.1. The fourth-order valence-electron chi connectivity index (χ4n) is 1.80. The first-order chi connectivity index (χ1) is 10.8. The van der Waals surface area contributed by atoms with Crippen molar-refractivity contribution < 1.29 is 27.1 Å². The second-order valence-electron chi connectivity index (χ2n) is 4.91. The molecule has 0 radical (unpaired) electrons. The van der Waals surface area contributed by atoms with Crippen molar-refractivity contribution in [2.75, 3.05) is 13.2 Å². The first kappa shape index (κ1) is 17.5. The van der Waals surface area contributed by atoms with Gasteiger partial charge in [-0.2, -0.15) is 13.2 Å². The number of carbonyl (C=O) groups excluding carboxylic acids is 1. The Morgan fingerprint density at radius 1 is 1.52 bits per heavy atom. The van der Waals surface area contributed by atoms with Crippen LogP contribution in [0.1, 0.15) is 23.2 Å². The molecule has 0 aliphatic rings. The number of nitrogens with one attached hydrogen (secondary N) is 1. The Morgan fingerprint density at radius 2 is 2.26 bits per heavy atom. The van der Waals surface area contributed by atoms with Crippen LogP contribution >= 0.6 is 11.3 Å². The number of carbonyl (C=O) groups is 1. The van der Waals surface area contributed by atoms with E-state index in [1.807, 2.05) is 17.5 Å². The summed E-state index contributed by atoms with van der Waals surface area (Å²) in [5, 5.41) is 4.39. The van der Waals surface area contributed by atoms with Crippen LogP contribution in [0.15, 0.2) is 21.9 Å². The van der Waals surface area contributed by atoms with Gasteiger partial charge < -0.3 is 14.5 Å². The second-order valence-corrected chi connectivity index (χ2v) is 5.85. The first-order valence-corrected chi connectivity index (χ1v) is 7.61. The number of halogens is 3. The summed E-state index contributed by atoms with van der Waals surface area (Å²) in [5.74, 6) is 0.162. The van der Waals surface area contributed by atoms with Gasteiger partial charge in [0.15, 0.2) is 5.69 Å². The zero-order valence-electron chi connectivity index (χ0n) is 12.4. The minimum absolute atomic E-state index is 0.107. The zero-order chi connectivity index (χ0) is 17.0. The van der Waals surface area contributed by atoms with Gasteiger partial charge in [0.25, 0.3) is 5.91 Å². The van der Waals surface area contributed by atoms with E-state index >= 15 is 0 Å². The summed E-state index contributed by atoms with van der Waals surface area (Å²) in [5.41, 5.74) is 0.107. The van der Waals surface area contributed by atoms with Crippen LogP contribution in [0.3, 0.4) is 0 Å². The maximum Gasteiger partial charge on any atom is 0.411 e. The Bertz CT molecular complexity index is 653. The predicted octanol–water partition coefficient (Wildman–Crippen LogP) is 3.41. The first-order valence-electron chi connectivity index (χ1n) is 6.73. The van der Waals surface area contributed by atoms with E-state index in [1.165, 1.54) is 11.3 Å². The van der Waals surface area contributed by atoms with Crippen molar-refractivity contribution in [2.24, 2.45) is 0 Å². The topological polar surface area (TPSA) is 64.4 Å². The molecule has 0 aliphatic heterocycles. The minimum Gasteiger partial charge on any atom is -0.440 e. The molecule has 1 amide bonds. The number of amides is 1. The molecule has 0 aromatic carbocycles. The van der Waals surface area contributed by atoms with Gasteiger partial charge in [0, 0.05) is 6.04 Å². The molecule has 1 N–H and O–H groups in total. The molecule has 2 heterocycles. The average Bonchev–Trinajstić information content (AvgIpc) is 3.05. The van der Waals surface area contributed by atoms with Gasteiger partial charge in [-0.15, -0.1) is 11.3 Å². The highest BCUT2D eigenvalue weighted by atomic mass is 32.1. The Balaban J connectivity index is 1.93. The molecule has 0 aliphatic carbocycles. The van der Waals surface area contributed by atoms with Crippen molar-refractivity contribution in [2.45, 2.75) is 26.1 Å². The number of hydrogen-bond donors (Lipinski definition) is 1. The van der Waals surface area contributed by atoms with E-state index in [1.54, 1.807) is 13.8 Å². The number of rotatable bonds is 6. The second kappa shape index (κ2) is 7.14. The summed E-state index contributed by atoms with van der Waals surface area (Å²) in [6.45, 7) is 1.55. The predicted molar refractivity (Wildman–Crippen MR) is 78.4 cm³/mol. The van der Waals surface area contributed by atoms with Gasteiger partial charge in [0.1, 0.15) is 12.4 Å². The van der Waals surface area contributed by atoms with E-state index in [2.05, 4.69) is 15.0 Å². The molecule has 0 spiro atoms. The van der Waals surface area contributed by atoms with Crippen LogP contribution in [0, 0.1) is 6.92 Å². The van der Waals surface area contributed by atoms with E-state index in [-0.39, 0.29) is 12.3 Å². The number of hydrogen-bond acceptors (Lipinski definition) is 5. The number of thiophene rings is 1. The largest absolute Gasteiger partial charge is 0.440 e. The number of ether oxygens (including phenoxy) is 1. The molecule has 0 fully saturated rings. The van der Waals surface area contributed by atoms with E-state index in [0.29, 0.717) is 11.7 Å². The summed E-state index contributed by atoms with van der Waals surface area (Å²) in [6, 6.07) is 3.05. The molecular weight excluding hydrogens is 333 g/mol. The Morgan fingerprint density at radius 3 is 2.87 bits per heavy atom. The lowest BCUT2D eigenvalue weighted by Gasteiger charge is -2.14. The highest BCUT2D eigenvalue weighted by Gasteiger charge is 2.28. The van der Waals surface area contributed by atoms with Crippen LogP contribution in [0.25, 0.3) is 10.8 Å². The molecule has 23 heavy (non-hydrogen) atoms. The molecular formula is C14H15F3N2O3S. The number of nitrogens with zero attached hydrogens (tertiary/aromatic N) is 1. The molecule has 5 nitrogen and oxygen atoms in total. The molecule has 1 atom stereocenters. The Kier molecular flexibility index (Phi) is 5.42. The molecule has 0 unspecified atom stereocenters.